The van der Waals surface area contributed by atoms with Crippen LogP contribution < -0.4 is 10.6 Å². The summed E-state index contributed by atoms with van der Waals surface area (Å²) >= 11 is 0. The van der Waals surface area contributed by atoms with E-state index in [0.717, 1.165) is 32.0 Å². The fraction of sp³-hybridized carbons (Fsp3) is 0.500. The first kappa shape index (κ1) is 13.9. The monoisotopic (exact) mass is 268 g/mol. The van der Waals surface area contributed by atoms with Gasteiger partial charge in [-0.15, -0.1) is 0 Å². The molecular formula is C14H18F2N2O. The van der Waals surface area contributed by atoms with Crippen molar-refractivity contribution in [1.82, 2.24) is 10.6 Å². The van der Waals surface area contributed by atoms with Crippen LogP contribution in [-0.4, -0.2) is 25.5 Å². The van der Waals surface area contributed by atoms with E-state index < -0.39 is 17.5 Å². The third-order valence-electron chi connectivity index (χ3n) is 3.44. The van der Waals surface area contributed by atoms with E-state index in [2.05, 4.69) is 10.6 Å². The average molecular weight is 268 g/mol. The summed E-state index contributed by atoms with van der Waals surface area (Å²) in [4.78, 5) is 11.9. The topological polar surface area (TPSA) is 41.1 Å². The molecule has 2 N–H and O–H groups in total. The van der Waals surface area contributed by atoms with Crippen LogP contribution in [-0.2, 0) is 0 Å². The van der Waals surface area contributed by atoms with E-state index in [9.17, 15) is 13.6 Å². The molecule has 0 radical (unpaired) electrons. The molecule has 0 unspecified atom stereocenters. The molecule has 1 aromatic rings. The van der Waals surface area contributed by atoms with Crippen LogP contribution in [0.3, 0.4) is 0 Å². The summed E-state index contributed by atoms with van der Waals surface area (Å²) < 4.78 is 26.7. The predicted octanol–water partition coefficient (Wildman–Crippen LogP) is 2.00. The van der Waals surface area contributed by atoms with Crippen molar-refractivity contribution >= 4 is 5.91 Å². The first-order chi connectivity index (χ1) is 9.08. The van der Waals surface area contributed by atoms with Gasteiger partial charge in [0.2, 0.25) is 0 Å². The Morgan fingerprint density at radius 1 is 1.42 bits per heavy atom. The highest BCUT2D eigenvalue weighted by Crippen LogP contribution is 2.14. The molecule has 1 aromatic carbocycles. The Bertz CT molecular complexity index is 471. The zero-order valence-corrected chi connectivity index (χ0v) is 10.9. The molecule has 1 heterocycles. The summed E-state index contributed by atoms with van der Waals surface area (Å²) in [6, 6.07) is 2.01. The zero-order chi connectivity index (χ0) is 13.8. The van der Waals surface area contributed by atoms with E-state index in [1.54, 1.807) is 0 Å². The molecule has 1 amide bonds. The molecule has 0 saturated carbocycles. The number of carbonyl (C=O) groups is 1. The van der Waals surface area contributed by atoms with Crippen molar-refractivity contribution in [2.45, 2.75) is 19.8 Å². The first-order valence-corrected chi connectivity index (χ1v) is 6.52. The van der Waals surface area contributed by atoms with Crippen LogP contribution in [0.2, 0.25) is 0 Å². The molecular weight excluding hydrogens is 250 g/mol. The van der Waals surface area contributed by atoms with E-state index in [-0.39, 0.29) is 11.1 Å². The lowest BCUT2D eigenvalue weighted by Gasteiger charge is -2.22. The van der Waals surface area contributed by atoms with Gasteiger partial charge in [-0.2, -0.15) is 0 Å². The summed E-state index contributed by atoms with van der Waals surface area (Å²) in [7, 11) is 0. The van der Waals surface area contributed by atoms with Crippen molar-refractivity contribution in [2.24, 2.45) is 5.92 Å². The highest BCUT2D eigenvalue weighted by molar-refractivity contribution is 5.94. The van der Waals surface area contributed by atoms with E-state index in [4.69, 9.17) is 0 Å². The van der Waals surface area contributed by atoms with Gasteiger partial charge in [-0.25, -0.2) is 8.78 Å². The zero-order valence-electron chi connectivity index (χ0n) is 10.9. The van der Waals surface area contributed by atoms with Crippen molar-refractivity contribution in [1.29, 1.82) is 0 Å². The maximum absolute atomic E-state index is 13.5. The van der Waals surface area contributed by atoms with E-state index in [1.165, 1.54) is 13.0 Å². The number of rotatable bonds is 3. The fourth-order valence-corrected chi connectivity index (χ4v) is 2.26. The number of benzene rings is 1. The Kier molecular flexibility index (Phi) is 4.47. The maximum Gasteiger partial charge on any atom is 0.254 e. The molecule has 1 saturated heterocycles. The Hall–Kier alpha value is -1.49. The van der Waals surface area contributed by atoms with Crippen molar-refractivity contribution in [3.8, 4) is 0 Å². The summed E-state index contributed by atoms with van der Waals surface area (Å²) in [5.41, 5.74) is 0.175. The molecule has 104 valence electrons. The largest absolute Gasteiger partial charge is 0.352 e. The summed E-state index contributed by atoms with van der Waals surface area (Å²) in [6.07, 6.45) is 2.14. The van der Waals surface area contributed by atoms with Crippen molar-refractivity contribution < 1.29 is 13.6 Å². The number of nitrogens with one attached hydrogen (secondary N) is 2. The third kappa shape index (κ3) is 3.50. The molecule has 0 aromatic heterocycles. The van der Waals surface area contributed by atoms with E-state index in [1.807, 2.05) is 0 Å². The van der Waals surface area contributed by atoms with Gasteiger partial charge in [0.25, 0.3) is 5.91 Å². The molecule has 0 spiro atoms. The number of hydrogen-bond acceptors (Lipinski definition) is 2. The van der Waals surface area contributed by atoms with Gasteiger partial charge in [0.15, 0.2) is 0 Å². The van der Waals surface area contributed by atoms with E-state index in [0.29, 0.717) is 12.5 Å². The Labute approximate surface area is 111 Å². The number of aryl methyl sites for hydroxylation is 1. The molecule has 19 heavy (non-hydrogen) atoms. The van der Waals surface area contributed by atoms with Gasteiger partial charge in [0, 0.05) is 12.6 Å². The molecule has 2 rings (SSSR count). The second-order valence-corrected chi connectivity index (χ2v) is 5.00. The Morgan fingerprint density at radius 2 is 2.21 bits per heavy atom. The van der Waals surface area contributed by atoms with Crippen molar-refractivity contribution in [2.75, 3.05) is 19.6 Å². The summed E-state index contributed by atoms with van der Waals surface area (Å²) in [6.45, 7) is 3.90. The average Bonchev–Trinajstić information content (AvgIpc) is 2.41. The fourth-order valence-electron chi connectivity index (χ4n) is 2.26. The lowest BCUT2D eigenvalue weighted by Crippen LogP contribution is -2.38. The minimum absolute atomic E-state index is 0.0948. The minimum Gasteiger partial charge on any atom is -0.352 e. The lowest BCUT2D eigenvalue weighted by molar-refractivity contribution is 0.0940. The second-order valence-electron chi connectivity index (χ2n) is 5.00. The quantitative estimate of drug-likeness (QED) is 0.880. The van der Waals surface area contributed by atoms with Gasteiger partial charge in [-0.3, -0.25) is 4.79 Å². The standard InChI is InChI=1S/C14H18F2N2O/c1-9-5-11(13(16)6-12(9)15)14(19)18-8-10-3-2-4-17-7-10/h5-6,10,17H,2-4,7-8H2,1H3,(H,18,19)/t10-/m0/s1. The smallest absolute Gasteiger partial charge is 0.254 e. The highest BCUT2D eigenvalue weighted by atomic mass is 19.1. The molecule has 1 aliphatic rings. The molecule has 1 aliphatic heterocycles. The second kappa shape index (κ2) is 6.10. The molecule has 3 nitrogen and oxygen atoms in total. The summed E-state index contributed by atoms with van der Waals surface area (Å²) in [5.74, 6) is -1.55. The van der Waals surface area contributed by atoms with Gasteiger partial charge in [0.05, 0.1) is 5.56 Å². The van der Waals surface area contributed by atoms with Crippen molar-refractivity contribution in [3.63, 3.8) is 0 Å². The van der Waals surface area contributed by atoms with Crippen LogP contribution in [0.25, 0.3) is 0 Å². The van der Waals surface area contributed by atoms with Crippen LogP contribution in [0, 0.1) is 24.5 Å². The van der Waals surface area contributed by atoms with Crippen LogP contribution in [0.15, 0.2) is 12.1 Å². The molecule has 1 fully saturated rings. The molecule has 5 heteroatoms. The maximum atomic E-state index is 13.5. The predicted molar refractivity (Wildman–Crippen MR) is 69.0 cm³/mol. The third-order valence-corrected chi connectivity index (χ3v) is 3.44. The Balaban J connectivity index is 1.97. The Morgan fingerprint density at radius 3 is 2.89 bits per heavy atom. The number of hydrogen-bond donors (Lipinski definition) is 2. The van der Waals surface area contributed by atoms with Gasteiger partial charge < -0.3 is 10.6 Å². The van der Waals surface area contributed by atoms with Gasteiger partial charge in [0.1, 0.15) is 11.6 Å². The molecule has 0 bridgehead atoms. The highest BCUT2D eigenvalue weighted by Gasteiger charge is 2.17. The molecule has 1 atom stereocenters. The first-order valence-electron chi connectivity index (χ1n) is 6.52. The molecule has 0 aliphatic carbocycles. The SMILES string of the molecule is Cc1cc(C(=O)NC[C@H]2CCCNC2)c(F)cc1F. The van der Waals surface area contributed by atoms with Crippen LogP contribution in [0.4, 0.5) is 8.78 Å². The van der Waals surface area contributed by atoms with Gasteiger partial charge in [-0.1, -0.05) is 0 Å². The number of amides is 1. The number of halogens is 2. The van der Waals surface area contributed by atoms with Crippen molar-refractivity contribution in [3.05, 3.63) is 34.9 Å². The van der Waals surface area contributed by atoms with Gasteiger partial charge in [-0.05, 0) is 50.4 Å². The van der Waals surface area contributed by atoms with Gasteiger partial charge >= 0.3 is 0 Å². The van der Waals surface area contributed by atoms with Crippen LogP contribution in [0.1, 0.15) is 28.8 Å². The van der Waals surface area contributed by atoms with Crippen LogP contribution >= 0.6 is 0 Å². The number of carbonyl (C=O) groups excluding carboxylic acids is 1. The minimum atomic E-state index is -0.817. The normalized spacial score (nSPS) is 19.2. The van der Waals surface area contributed by atoms with E-state index >= 15 is 0 Å². The lowest BCUT2D eigenvalue weighted by atomic mass is 9.99. The number of piperidine rings is 1. The van der Waals surface area contributed by atoms with Crippen LogP contribution in [0.5, 0.6) is 0 Å². The summed E-state index contributed by atoms with van der Waals surface area (Å²) in [5, 5.41) is 5.97.